The molecule has 0 aromatic carbocycles. The van der Waals surface area contributed by atoms with Crippen LogP contribution >= 0.6 is 0 Å². The molecule has 0 saturated heterocycles. The van der Waals surface area contributed by atoms with Crippen LogP contribution in [0.25, 0.3) is 0 Å². The van der Waals surface area contributed by atoms with E-state index in [-0.39, 0.29) is 0 Å². The van der Waals surface area contributed by atoms with Gasteiger partial charge < -0.3 is 5.32 Å². The fraction of sp³-hybridized carbons (Fsp3) is 1.00. The van der Waals surface area contributed by atoms with Gasteiger partial charge in [-0.3, -0.25) is 0 Å². The van der Waals surface area contributed by atoms with Crippen LogP contribution in [0.5, 0.6) is 0 Å². The van der Waals surface area contributed by atoms with E-state index in [9.17, 15) is 0 Å². The van der Waals surface area contributed by atoms with E-state index in [1.165, 1.54) is 12.8 Å². The molecule has 1 rings (SSSR count). The van der Waals surface area contributed by atoms with Crippen molar-refractivity contribution >= 4 is 0 Å². The molecular formula is C12H25N. The fourth-order valence-electron chi connectivity index (χ4n) is 2.77. The molecule has 78 valence electrons. The molecule has 1 aliphatic carbocycles. The molecule has 1 nitrogen and oxygen atoms in total. The molecule has 0 radical (unpaired) electrons. The van der Waals surface area contributed by atoms with Crippen LogP contribution in [0.15, 0.2) is 0 Å². The fourth-order valence-corrected chi connectivity index (χ4v) is 2.77. The maximum absolute atomic E-state index is 3.59. The predicted molar refractivity (Wildman–Crippen MR) is 58.8 cm³/mol. The lowest BCUT2D eigenvalue weighted by Gasteiger charge is -2.51. The third kappa shape index (κ3) is 2.25. The molecule has 3 atom stereocenters. The van der Waals surface area contributed by atoms with Crippen LogP contribution in [-0.2, 0) is 0 Å². The summed E-state index contributed by atoms with van der Waals surface area (Å²) in [5.41, 5.74) is 0.507. The molecule has 13 heavy (non-hydrogen) atoms. The van der Waals surface area contributed by atoms with Gasteiger partial charge >= 0.3 is 0 Å². The minimum absolute atomic E-state index is 0.507. The van der Waals surface area contributed by atoms with E-state index >= 15 is 0 Å². The Hall–Kier alpha value is -0.0400. The highest BCUT2D eigenvalue weighted by atomic mass is 14.9. The molecule has 0 bridgehead atoms. The lowest BCUT2D eigenvalue weighted by Crippen LogP contribution is -2.54. The minimum Gasteiger partial charge on any atom is -0.314 e. The Morgan fingerprint density at radius 2 is 1.85 bits per heavy atom. The van der Waals surface area contributed by atoms with Crippen LogP contribution in [0.4, 0.5) is 0 Å². The molecule has 1 aliphatic rings. The first-order valence-corrected chi connectivity index (χ1v) is 5.74. The van der Waals surface area contributed by atoms with Gasteiger partial charge in [-0.05, 0) is 30.2 Å². The van der Waals surface area contributed by atoms with Crippen LogP contribution in [-0.4, -0.2) is 12.6 Å². The van der Waals surface area contributed by atoms with Gasteiger partial charge in [0.25, 0.3) is 0 Å². The van der Waals surface area contributed by atoms with Crippen molar-refractivity contribution in [3.05, 3.63) is 0 Å². The van der Waals surface area contributed by atoms with Gasteiger partial charge in [0.1, 0.15) is 0 Å². The highest BCUT2D eigenvalue weighted by Gasteiger charge is 2.44. The lowest BCUT2D eigenvalue weighted by atomic mass is 9.58. The largest absolute Gasteiger partial charge is 0.314 e. The number of nitrogens with one attached hydrogen (secondary N) is 1. The number of hydrogen-bond acceptors (Lipinski definition) is 1. The van der Waals surface area contributed by atoms with Crippen molar-refractivity contribution in [2.75, 3.05) is 6.54 Å². The number of rotatable bonds is 3. The Labute approximate surface area is 83.3 Å². The Balaban J connectivity index is 2.47. The maximum atomic E-state index is 3.59. The van der Waals surface area contributed by atoms with Crippen LogP contribution in [0.3, 0.4) is 0 Å². The van der Waals surface area contributed by atoms with Gasteiger partial charge in [-0.25, -0.2) is 0 Å². The molecule has 0 aliphatic heterocycles. The van der Waals surface area contributed by atoms with E-state index in [1.54, 1.807) is 0 Å². The second kappa shape index (κ2) is 4.00. The van der Waals surface area contributed by atoms with Gasteiger partial charge in [0.15, 0.2) is 0 Å². The van der Waals surface area contributed by atoms with E-state index in [0.717, 1.165) is 24.4 Å². The molecule has 3 unspecified atom stereocenters. The molecule has 0 aromatic rings. The molecule has 1 saturated carbocycles. The average Bonchev–Trinajstić information content (AvgIpc) is 1.95. The Morgan fingerprint density at radius 3 is 2.23 bits per heavy atom. The topological polar surface area (TPSA) is 12.0 Å². The minimum atomic E-state index is 0.507. The quantitative estimate of drug-likeness (QED) is 0.709. The third-order valence-electron chi connectivity index (χ3n) is 3.59. The first-order chi connectivity index (χ1) is 6.00. The summed E-state index contributed by atoms with van der Waals surface area (Å²) in [6.45, 7) is 12.8. The van der Waals surface area contributed by atoms with Crippen molar-refractivity contribution in [1.29, 1.82) is 0 Å². The summed E-state index contributed by atoms with van der Waals surface area (Å²) in [4.78, 5) is 0. The second-order valence-corrected chi connectivity index (χ2v) is 5.44. The molecular weight excluding hydrogens is 158 g/mol. The smallest absolute Gasteiger partial charge is 0.0101 e. The van der Waals surface area contributed by atoms with Crippen molar-refractivity contribution in [2.24, 2.45) is 17.3 Å². The summed E-state index contributed by atoms with van der Waals surface area (Å²) in [7, 11) is 0. The predicted octanol–water partition coefficient (Wildman–Crippen LogP) is 3.06. The van der Waals surface area contributed by atoms with Crippen molar-refractivity contribution < 1.29 is 0 Å². The monoisotopic (exact) mass is 183 g/mol. The van der Waals surface area contributed by atoms with E-state index in [1.807, 2.05) is 0 Å². The Morgan fingerprint density at radius 1 is 1.23 bits per heavy atom. The second-order valence-electron chi connectivity index (χ2n) is 5.44. The SMILES string of the molecule is CCNC1CC(C(C)(C)C)C1CC. The first-order valence-electron chi connectivity index (χ1n) is 5.74. The Bertz CT molecular complexity index is 157. The zero-order chi connectivity index (χ0) is 10.1. The standard InChI is InChI=1S/C12H25N/c1-6-9-10(12(3,4)5)8-11(9)13-7-2/h9-11,13H,6-8H2,1-5H3. The zero-order valence-electron chi connectivity index (χ0n) is 9.85. The molecule has 0 aromatic heterocycles. The van der Waals surface area contributed by atoms with E-state index < -0.39 is 0 Å². The summed E-state index contributed by atoms with van der Waals surface area (Å²) in [6.07, 6.45) is 2.72. The molecule has 1 fully saturated rings. The molecule has 0 heterocycles. The van der Waals surface area contributed by atoms with Crippen LogP contribution in [0.1, 0.15) is 47.5 Å². The molecule has 1 N–H and O–H groups in total. The highest BCUT2D eigenvalue weighted by Crippen LogP contribution is 2.47. The highest BCUT2D eigenvalue weighted by molar-refractivity contribution is 4.98. The van der Waals surface area contributed by atoms with Crippen molar-refractivity contribution in [1.82, 2.24) is 5.32 Å². The molecule has 1 heteroatoms. The van der Waals surface area contributed by atoms with E-state index in [4.69, 9.17) is 0 Å². The zero-order valence-corrected chi connectivity index (χ0v) is 9.85. The van der Waals surface area contributed by atoms with Crippen LogP contribution < -0.4 is 5.32 Å². The summed E-state index contributed by atoms with van der Waals surface area (Å²) in [6, 6.07) is 0.805. The lowest BCUT2D eigenvalue weighted by molar-refractivity contribution is 0.0130. The molecule has 0 amide bonds. The average molecular weight is 183 g/mol. The summed E-state index contributed by atoms with van der Waals surface area (Å²) in [5, 5.41) is 3.59. The first kappa shape index (κ1) is 11.0. The van der Waals surface area contributed by atoms with Gasteiger partial charge in [-0.15, -0.1) is 0 Å². The van der Waals surface area contributed by atoms with Gasteiger partial charge in [0, 0.05) is 6.04 Å². The van der Waals surface area contributed by atoms with Gasteiger partial charge in [-0.2, -0.15) is 0 Å². The van der Waals surface area contributed by atoms with E-state index in [0.29, 0.717) is 5.41 Å². The maximum Gasteiger partial charge on any atom is 0.0101 e. The van der Waals surface area contributed by atoms with Crippen molar-refractivity contribution in [3.8, 4) is 0 Å². The van der Waals surface area contributed by atoms with Crippen LogP contribution in [0, 0.1) is 17.3 Å². The van der Waals surface area contributed by atoms with E-state index in [2.05, 4.69) is 39.9 Å². The summed E-state index contributed by atoms with van der Waals surface area (Å²) >= 11 is 0. The van der Waals surface area contributed by atoms with Gasteiger partial charge in [0.05, 0.1) is 0 Å². The van der Waals surface area contributed by atoms with Crippen molar-refractivity contribution in [2.45, 2.75) is 53.5 Å². The van der Waals surface area contributed by atoms with Gasteiger partial charge in [0.2, 0.25) is 0 Å². The normalized spacial score (nSPS) is 34.4. The van der Waals surface area contributed by atoms with Crippen LogP contribution in [0.2, 0.25) is 0 Å². The number of hydrogen-bond donors (Lipinski definition) is 1. The van der Waals surface area contributed by atoms with Crippen molar-refractivity contribution in [3.63, 3.8) is 0 Å². The summed E-state index contributed by atoms with van der Waals surface area (Å²) in [5.74, 6) is 1.85. The molecule has 0 spiro atoms. The van der Waals surface area contributed by atoms with Gasteiger partial charge in [-0.1, -0.05) is 41.0 Å². The third-order valence-corrected chi connectivity index (χ3v) is 3.59. The summed E-state index contributed by atoms with van der Waals surface area (Å²) < 4.78 is 0. The Kier molecular flexibility index (Phi) is 3.39.